The van der Waals surface area contributed by atoms with Gasteiger partial charge in [-0.3, -0.25) is 4.79 Å². The van der Waals surface area contributed by atoms with Crippen LogP contribution in [0.1, 0.15) is 158 Å². The van der Waals surface area contributed by atoms with Crippen molar-refractivity contribution in [1.82, 2.24) is 0 Å². The average molecular weight is 559 g/mol. The minimum atomic E-state index is -0.460. The zero-order chi connectivity index (χ0) is 28.8. The molecule has 0 aromatic heterocycles. The van der Waals surface area contributed by atoms with Crippen molar-refractivity contribution in [1.29, 1.82) is 0 Å². The van der Waals surface area contributed by atoms with Gasteiger partial charge in [0.15, 0.2) is 6.29 Å². The molecule has 1 aliphatic heterocycles. The van der Waals surface area contributed by atoms with Crippen molar-refractivity contribution >= 4 is 5.97 Å². The quantitative estimate of drug-likeness (QED) is 0.278. The molecular weight excluding hydrogens is 496 g/mol. The summed E-state index contributed by atoms with van der Waals surface area (Å²) in [6.07, 6.45) is 19.7. The van der Waals surface area contributed by atoms with E-state index in [1.54, 1.807) is 0 Å². The van der Waals surface area contributed by atoms with E-state index in [2.05, 4.69) is 48.5 Å². The van der Waals surface area contributed by atoms with E-state index in [-0.39, 0.29) is 28.7 Å². The van der Waals surface area contributed by atoms with Gasteiger partial charge < -0.3 is 14.2 Å². The van der Waals surface area contributed by atoms with Crippen molar-refractivity contribution in [3.05, 3.63) is 0 Å². The average Bonchev–Trinajstić information content (AvgIpc) is 2.81. The van der Waals surface area contributed by atoms with Crippen LogP contribution in [0.3, 0.4) is 0 Å². The summed E-state index contributed by atoms with van der Waals surface area (Å²) in [5, 5.41) is 0. The van der Waals surface area contributed by atoms with Gasteiger partial charge in [0.25, 0.3) is 0 Å². The second kappa shape index (κ2) is 11.5. The molecule has 0 aromatic rings. The van der Waals surface area contributed by atoms with Crippen molar-refractivity contribution in [3.8, 4) is 0 Å². The molecule has 8 atom stereocenters. The summed E-state index contributed by atoms with van der Waals surface area (Å²) in [6, 6.07) is 0. The molecule has 5 fully saturated rings. The van der Waals surface area contributed by atoms with Crippen LogP contribution in [-0.4, -0.2) is 30.1 Å². The van der Waals surface area contributed by atoms with Crippen LogP contribution in [0.2, 0.25) is 0 Å². The monoisotopic (exact) mass is 558 g/mol. The molecule has 230 valence electrons. The van der Waals surface area contributed by atoms with E-state index in [1.807, 2.05) is 0 Å². The molecule has 0 aromatic carbocycles. The first-order valence-electron chi connectivity index (χ1n) is 17.3. The van der Waals surface area contributed by atoms with Crippen LogP contribution in [0.5, 0.6) is 0 Å². The van der Waals surface area contributed by atoms with Crippen molar-refractivity contribution in [2.24, 2.45) is 39.9 Å². The zero-order valence-corrected chi connectivity index (χ0v) is 27.2. The van der Waals surface area contributed by atoms with Crippen molar-refractivity contribution in [3.63, 3.8) is 0 Å². The molecule has 0 amide bonds. The summed E-state index contributed by atoms with van der Waals surface area (Å²) < 4.78 is 20.3. The predicted octanol–water partition coefficient (Wildman–Crippen LogP) is 9.63. The molecule has 2 bridgehead atoms. The maximum atomic E-state index is 14.2. The lowest BCUT2D eigenvalue weighted by Crippen LogP contribution is -2.64. The van der Waals surface area contributed by atoms with Crippen LogP contribution in [0.25, 0.3) is 0 Å². The number of ether oxygens (including phenoxy) is 3. The third-order valence-corrected chi connectivity index (χ3v) is 12.0. The molecule has 0 spiro atoms. The molecule has 8 unspecified atom stereocenters. The van der Waals surface area contributed by atoms with Gasteiger partial charge in [-0.05, 0) is 112 Å². The highest BCUT2D eigenvalue weighted by Gasteiger charge is 2.64. The Morgan fingerprint density at radius 1 is 0.875 bits per heavy atom. The van der Waals surface area contributed by atoms with E-state index >= 15 is 0 Å². The van der Waals surface area contributed by atoms with Gasteiger partial charge in [-0.15, -0.1) is 0 Å². The Morgan fingerprint density at radius 3 is 2.15 bits per heavy atom. The maximum Gasteiger partial charge on any atom is 0.312 e. The Morgan fingerprint density at radius 2 is 1.55 bits per heavy atom. The molecular formula is C36H62O4. The zero-order valence-electron chi connectivity index (χ0n) is 27.2. The molecule has 4 aliphatic carbocycles. The fourth-order valence-corrected chi connectivity index (χ4v) is 10.8. The van der Waals surface area contributed by atoms with Crippen molar-refractivity contribution < 1.29 is 19.0 Å². The summed E-state index contributed by atoms with van der Waals surface area (Å²) in [5.74, 6) is 2.98. The minimum absolute atomic E-state index is 0.0310. The van der Waals surface area contributed by atoms with E-state index < -0.39 is 11.0 Å². The number of hydrogen-bond acceptors (Lipinski definition) is 4. The first kappa shape index (κ1) is 30.8. The van der Waals surface area contributed by atoms with Crippen LogP contribution < -0.4 is 0 Å². The maximum absolute atomic E-state index is 14.2. The standard InChI is InChI=1S/C36H62O4/c1-8-33(6,22-32(3,4)5)31(37)40-36-21-26(2)20-35(25-36,39-30-16-12-13-19-38-30)23-34(7,24-36)29-18-17-28(29)27-14-10-9-11-15-27/h26-30H,8-25H2,1-7H3. The lowest BCUT2D eigenvalue weighted by molar-refractivity contribution is -0.293. The Kier molecular flexibility index (Phi) is 8.85. The third-order valence-electron chi connectivity index (χ3n) is 12.0. The Balaban J connectivity index is 1.46. The smallest absolute Gasteiger partial charge is 0.312 e. The van der Waals surface area contributed by atoms with Gasteiger partial charge in [0, 0.05) is 13.0 Å². The van der Waals surface area contributed by atoms with E-state index in [0.29, 0.717) is 5.92 Å². The largest absolute Gasteiger partial charge is 0.459 e. The molecule has 5 aliphatic rings. The topological polar surface area (TPSA) is 44.8 Å². The Hall–Kier alpha value is -0.610. The molecule has 0 radical (unpaired) electrons. The molecule has 4 heteroatoms. The SMILES string of the molecule is CCC(C)(CC(C)(C)C)C(=O)OC12CC(C)CC(OC3CCCCO3)(C1)CC(C)(C1CCC1C1CCCCC1)C2. The van der Waals surface area contributed by atoms with Crippen LogP contribution >= 0.6 is 0 Å². The van der Waals surface area contributed by atoms with Gasteiger partial charge in [0.2, 0.25) is 0 Å². The lowest BCUT2D eigenvalue weighted by atomic mass is 9.46. The third kappa shape index (κ3) is 6.48. The van der Waals surface area contributed by atoms with Gasteiger partial charge in [0.05, 0.1) is 11.0 Å². The van der Waals surface area contributed by atoms with Crippen LogP contribution in [0.15, 0.2) is 0 Å². The van der Waals surface area contributed by atoms with E-state index in [1.165, 1.54) is 51.4 Å². The Bertz CT molecular complexity index is 882. The van der Waals surface area contributed by atoms with Crippen molar-refractivity contribution in [2.75, 3.05) is 6.61 Å². The minimum Gasteiger partial charge on any atom is -0.459 e. The van der Waals surface area contributed by atoms with E-state index in [4.69, 9.17) is 14.2 Å². The fourth-order valence-electron chi connectivity index (χ4n) is 10.8. The van der Waals surface area contributed by atoms with Gasteiger partial charge in [-0.1, -0.05) is 73.6 Å². The summed E-state index contributed by atoms with van der Waals surface area (Å²) in [5.41, 5.74) is -0.935. The second-order valence-electron chi connectivity index (χ2n) is 17.3. The normalized spacial score (nSPS) is 42.5. The summed E-state index contributed by atoms with van der Waals surface area (Å²) in [4.78, 5) is 14.2. The van der Waals surface area contributed by atoms with Gasteiger partial charge in [0.1, 0.15) is 5.60 Å². The molecule has 1 heterocycles. The highest BCUT2D eigenvalue weighted by Crippen LogP contribution is 2.65. The predicted molar refractivity (Wildman–Crippen MR) is 162 cm³/mol. The first-order chi connectivity index (χ1) is 18.8. The van der Waals surface area contributed by atoms with Crippen LogP contribution in [0.4, 0.5) is 0 Å². The van der Waals surface area contributed by atoms with Crippen LogP contribution in [0, 0.1) is 39.9 Å². The van der Waals surface area contributed by atoms with Gasteiger partial charge >= 0.3 is 5.97 Å². The number of fused-ring (bicyclic) bond motifs is 2. The van der Waals surface area contributed by atoms with Gasteiger partial charge in [-0.2, -0.15) is 0 Å². The molecule has 4 nitrogen and oxygen atoms in total. The fraction of sp³-hybridized carbons (Fsp3) is 0.972. The highest BCUT2D eigenvalue weighted by atomic mass is 16.7. The number of carbonyl (C=O) groups excluding carboxylic acids is 1. The van der Waals surface area contributed by atoms with Crippen LogP contribution in [-0.2, 0) is 19.0 Å². The molecule has 5 rings (SSSR count). The molecule has 0 N–H and O–H groups in total. The number of carbonyl (C=O) groups is 1. The summed E-state index contributed by atoms with van der Waals surface area (Å²) in [6.45, 7) is 16.8. The van der Waals surface area contributed by atoms with E-state index in [0.717, 1.165) is 82.1 Å². The number of esters is 1. The summed E-state index contributed by atoms with van der Waals surface area (Å²) >= 11 is 0. The lowest BCUT2D eigenvalue weighted by Gasteiger charge is -2.64. The first-order valence-corrected chi connectivity index (χ1v) is 17.3. The summed E-state index contributed by atoms with van der Waals surface area (Å²) in [7, 11) is 0. The molecule has 40 heavy (non-hydrogen) atoms. The number of hydrogen-bond donors (Lipinski definition) is 0. The van der Waals surface area contributed by atoms with Crippen molar-refractivity contribution in [2.45, 2.75) is 175 Å². The molecule has 4 saturated carbocycles. The highest BCUT2D eigenvalue weighted by molar-refractivity contribution is 5.77. The molecule has 1 saturated heterocycles. The van der Waals surface area contributed by atoms with E-state index in [9.17, 15) is 4.79 Å². The second-order valence-corrected chi connectivity index (χ2v) is 17.3. The number of rotatable bonds is 8. The Labute approximate surface area is 246 Å². The van der Waals surface area contributed by atoms with Gasteiger partial charge in [-0.25, -0.2) is 0 Å².